The standard InChI is InChI=1S/C17H23N3O3S/c1-12-2-5-14(6-3-12)20-24(22,23)11-17(21)19-15-7-4-13-8-9-18-16(13)10-15/h4,7-10,12,14,18,20H,2-3,5-6,11H2,1H3,(H,19,21). The zero-order valence-corrected chi connectivity index (χ0v) is 14.5. The molecule has 2 aromatic rings. The van der Waals surface area contributed by atoms with E-state index in [9.17, 15) is 13.2 Å². The third kappa shape index (κ3) is 4.36. The number of aromatic amines is 1. The van der Waals surface area contributed by atoms with E-state index in [1.165, 1.54) is 0 Å². The maximum absolute atomic E-state index is 12.2. The van der Waals surface area contributed by atoms with Gasteiger partial charge in [0.2, 0.25) is 15.9 Å². The maximum atomic E-state index is 12.2. The summed E-state index contributed by atoms with van der Waals surface area (Å²) in [4.78, 5) is 15.1. The first kappa shape index (κ1) is 17.0. The van der Waals surface area contributed by atoms with Crippen LogP contribution in [-0.2, 0) is 14.8 Å². The molecule has 6 nitrogen and oxygen atoms in total. The lowest BCUT2D eigenvalue weighted by atomic mass is 9.88. The van der Waals surface area contributed by atoms with Gasteiger partial charge in [-0.3, -0.25) is 4.79 Å². The number of H-pyrrole nitrogens is 1. The van der Waals surface area contributed by atoms with Gasteiger partial charge in [0, 0.05) is 23.4 Å². The smallest absolute Gasteiger partial charge is 0.240 e. The molecular formula is C17H23N3O3S. The third-order valence-electron chi connectivity index (χ3n) is 4.52. The molecule has 3 rings (SSSR count). The van der Waals surface area contributed by atoms with Gasteiger partial charge in [-0.1, -0.05) is 13.0 Å². The van der Waals surface area contributed by atoms with Crippen molar-refractivity contribution in [2.24, 2.45) is 5.92 Å². The predicted molar refractivity (Wildman–Crippen MR) is 95.3 cm³/mol. The molecule has 1 saturated carbocycles. The number of hydrogen-bond acceptors (Lipinski definition) is 3. The first-order valence-corrected chi connectivity index (χ1v) is 9.93. The second kappa shape index (κ2) is 6.94. The van der Waals surface area contributed by atoms with Gasteiger partial charge in [-0.05, 0) is 55.2 Å². The van der Waals surface area contributed by atoms with Gasteiger partial charge >= 0.3 is 0 Å². The summed E-state index contributed by atoms with van der Waals surface area (Å²) in [6.07, 6.45) is 5.54. The van der Waals surface area contributed by atoms with Crippen molar-refractivity contribution in [2.75, 3.05) is 11.1 Å². The largest absolute Gasteiger partial charge is 0.361 e. The van der Waals surface area contributed by atoms with Crippen molar-refractivity contribution >= 4 is 32.5 Å². The molecule has 0 unspecified atom stereocenters. The molecule has 1 fully saturated rings. The molecule has 0 saturated heterocycles. The van der Waals surface area contributed by atoms with Crippen LogP contribution in [0.15, 0.2) is 30.5 Å². The molecule has 0 aliphatic heterocycles. The minimum absolute atomic E-state index is 0.0470. The number of anilines is 1. The Morgan fingerprint density at radius 3 is 2.71 bits per heavy atom. The average molecular weight is 349 g/mol. The van der Waals surface area contributed by atoms with Crippen LogP contribution in [0.25, 0.3) is 10.9 Å². The fourth-order valence-corrected chi connectivity index (χ4v) is 4.41. The summed E-state index contributed by atoms with van der Waals surface area (Å²) in [5.74, 6) is -0.434. The first-order valence-electron chi connectivity index (χ1n) is 8.28. The summed E-state index contributed by atoms with van der Waals surface area (Å²) >= 11 is 0. The lowest BCUT2D eigenvalue weighted by Gasteiger charge is -2.26. The van der Waals surface area contributed by atoms with Crippen molar-refractivity contribution in [3.05, 3.63) is 30.5 Å². The molecule has 1 amide bonds. The van der Waals surface area contributed by atoms with Crippen molar-refractivity contribution in [1.82, 2.24) is 9.71 Å². The van der Waals surface area contributed by atoms with E-state index >= 15 is 0 Å². The van der Waals surface area contributed by atoms with Crippen molar-refractivity contribution < 1.29 is 13.2 Å². The molecule has 7 heteroatoms. The lowest BCUT2D eigenvalue weighted by molar-refractivity contribution is -0.113. The SMILES string of the molecule is CC1CCC(NS(=O)(=O)CC(=O)Nc2ccc3cc[nH]c3c2)CC1. The van der Waals surface area contributed by atoms with Gasteiger partial charge in [0.1, 0.15) is 5.75 Å². The molecule has 0 radical (unpaired) electrons. The fourth-order valence-electron chi connectivity index (χ4n) is 3.17. The molecule has 130 valence electrons. The monoisotopic (exact) mass is 349 g/mol. The number of carbonyl (C=O) groups is 1. The Morgan fingerprint density at radius 1 is 1.21 bits per heavy atom. The highest BCUT2D eigenvalue weighted by Gasteiger charge is 2.24. The summed E-state index contributed by atoms with van der Waals surface area (Å²) in [5, 5.41) is 3.68. The highest BCUT2D eigenvalue weighted by atomic mass is 32.2. The normalized spacial score (nSPS) is 21.7. The molecule has 1 heterocycles. The van der Waals surface area contributed by atoms with Gasteiger partial charge in [-0.25, -0.2) is 13.1 Å². The number of sulfonamides is 1. The van der Waals surface area contributed by atoms with Crippen LogP contribution in [0.3, 0.4) is 0 Å². The molecule has 24 heavy (non-hydrogen) atoms. The molecule has 0 bridgehead atoms. The summed E-state index contributed by atoms with van der Waals surface area (Å²) < 4.78 is 27.0. The number of rotatable bonds is 5. The molecule has 0 atom stereocenters. The third-order valence-corrected chi connectivity index (χ3v) is 5.86. The molecule has 3 N–H and O–H groups in total. The maximum Gasteiger partial charge on any atom is 0.240 e. The van der Waals surface area contributed by atoms with Crippen LogP contribution in [-0.4, -0.2) is 31.1 Å². The minimum atomic E-state index is -3.62. The van der Waals surface area contributed by atoms with Gasteiger partial charge in [0.15, 0.2) is 0 Å². The minimum Gasteiger partial charge on any atom is -0.361 e. The zero-order chi connectivity index (χ0) is 17.2. The first-order chi connectivity index (χ1) is 11.4. The number of aromatic nitrogens is 1. The van der Waals surface area contributed by atoms with Gasteiger partial charge < -0.3 is 10.3 Å². The highest BCUT2D eigenvalue weighted by molar-refractivity contribution is 7.90. The number of hydrogen-bond donors (Lipinski definition) is 3. The zero-order valence-electron chi connectivity index (χ0n) is 13.7. The topological polar surface area (TPSA) is 91.1 Å². The van der Waals surface area contributed by atoms with E-state index in [0.29, 0.717) is 11.6 Å². The Morgan fingerprint density at radius 2 is 1.96 bits per heavy atom. The Bertz CT molecular complexity index is 820. The molecule has 1 aromatic heterocycles. The second-order valence-corrected chi connectivity index (χ2v) is 8.42. The quantitative estimate of drug-likeness (QED) is 0.775. The number of benzene rings is 1. The highest BCUT2D eigenvalue weighted by Crippen LogP contribution is 2.24. The Kier molecular flexibility index (Phi) is 4.91. The van der Waals surface area contributed by atoms with E-state index < -0.39 is 21.7 Å². The Balaban J connectivity index is 1.56. The van der Waals surface area contributed by atoms with Crippen LogP contribution in [0.1, 0.15) is 32.6 Å². The van der Waals surface area contributed by atoms with E-state index in [4.69, 9.17) is 0 Å². The number of amides is 1. The molecule has 1 aromatic carbocycles. The van der Waals surface area contributed by atoms with Gasteiger partial charge in [0.05, 0.1) is 0 Å². The summed E-state index contributed by atoms with van der Waals surface area (Å²) in [6.45, 7) is 2.18. The molecule has 1 aliphatic carbocycles. The van der Waals surface area contributed by atoms with E-state index in [-0.39, 0.29) is 6.04 Å². The van der Waals surface area contributed by atoms with Crippen molar-refractivity contribution in [2.45, 2.75) is 38.6 Å². The Labute approximate surface area is 142 Å². The van der Waals surface area contributed by atoms with Crippen molar-refractivity contribution in [1.29, 1.82) is 0 Å². The number of fused-ring (bicyclic) bond motifs is 1. The second-order valence-electron chi connectivity index (χ2n) is 6.66. The van der Waals surface area contributed by atoms with Gasteiger partial charge in [-0.2, -0.15) is 0 Å². The van der Waals surface area contributed by atoms with E-state index in [2.05, 4.69) is 21.9 Å². The fraction of sp³-hybridized carbons (Fsp3) is 0.471. The average Bonchev–Trinajstić information content (AvgIpc) is 2.96. The van der Waals surface area contributed by atoms with Crippen LogP contribution in [0, 0.1) is 5.92 Å². The van der Waals surface area contributed by atoms with Crippen LogP contribution < -0.4 is 10.0 Å². The number of carbonyl (C=O) groups excluding carboxylic acids is 1. The van der Waals surface area contributed by atoms with E-state index in [1.54, 1.807) is 12.1 Å². The van der Waals surface area contributed by atoms with Crippen LogP contribution in [0.4, 0.5) is 5.69 Å². The Hall–Kier alpha value is -1.86. The molecule has 1 aliphatic rings. The molecule has 0 spiro atoms. The summed E-state index contributed by atoms with van der Waals surface area (Å²) in [5.41, 5.74) is 1.47. The summed E-state index contributed by atoms with van der Waals surface area (Å²) in [7, 11) is -3.62. The molecular weight excluding hydrogens is 326 g/mol. The van der Waals surface area contributed by atoms with E-state index in [0.717, 1.165) is 36.6 Å². The van der Waals surface area contributed by atoms with Crippen LogP contribution in [0.2, 0.25) is 0 Å². The van der Waals surface area contributed by atoms with Gasteiger partial charge in [0.25, 0.3) is 0 Å². The van der Waals surface area contributed by atoms with Crippen LogP contribution in [0.5, 0.6) is 0 Å². The van der Waals surface area contributed by atoms with Gasteiger partial charge in [-0.15, -0.1) is 0 Å². The predicted octanol–water partition coefficient (Wildman–Crippen LogP) is 2.60. The van der Waals surface area contributed by atoms with Crippen LogP contribution >= 0.6 is 0 Å². The summed E-state index contributed by atoms with van der Waals surface area (Å²) in [6, 6.07) is 7.30. The number of nitrogens with one attached hydrogen (secondary N) is 3. The van der Waals surface area contributed by atoms with Crippen molar-refractivity contribution in [3.63, 3.8) is 0 Å². The van der Waals surface area contributed by atoms with E-state index in [1.807, 2.05) is 18.3 Å². The lowest BCUT2D eigenvalue weighted by Crippen LogP contribution is -2.41. The van der Waals surface area contributed by atoms with Crippen molar-refractivity contribution in [3.8, 4) is 0 Å².